The molecule has 0 radical (unpaired) electrons. The lowest BCUT2D eigenvalue weighted by atomic mass is 10.3. The molecule has 0 bridgehead atoms. The number of urea groups is 1. The SMILES string of the molecule is CCN(C)C(=O)N(CC(=N)N)C(C)C. The highest BCUT2D eigenvalue weighted by atomic mass is 16.2. The zero-order valence-corrected chi connectivity index (χ0v) is 9.37. The van der Waals surface area contributed by atoms with Crippen molar-refractivity contribution in [2.45, 2.75) is 26.8 Å². The molecule has 0 heterocycles. The fourth-order valence-electron chi connectivity index (χ4n) is 1.01. The average molecular weight is 200 g/mol. The van der Waals surface area contributed by atoms with Crippen molar-refractivity contribution in [1.82, 2.24) is 9.80 Å². The van der Waals surface area contributed by atoms with Crippen molar-refractivity contribution in [2.24, 2.45) is 5.73 Å². The molecule has 0 aromatic heterocycles. The minimum Gasteiger partial charge on any atom is -0.386 e. The van der Waals surface area contributed by atoms with E-state index < -0.39 is 0 Å². The Bertz CT molecular complexity index is 215. The Balaban J connectivity index is 4.49. The molecule has 0 saturated carbocycles. The first-order valence-corrected chi connectivity index (χ1v) is 4.74. The topological polar surface area (TPSA) is 73.4 Å². The van der Waals surface area contributed by atoms with Crippen LogP contribution in [0.2, 0.25) is 0 Å². The van der Waals surface area contributed by atoms with E-state index in [-0.39, 0.29) is 24.5 Å². The monoisotopic (exact) mass is 200 g/mol. The fourth-order valence-corrected chi connectivity index (χ4v) is 1.01. The summed E-state index contributed by atoms with van der Waals surface area (Å²) in [6.07, 6.45) is 0. The number of carbonyl (C=O) groups is 1. The number of hydrogen-bond acceptors (Lipinski definition) is 2. The molecule has 5 heteroatoms. The molecule has 0 saturated heterocycles. The van der Waals surface area contributed by atoms with E-state index in [0.29, 0.717) is 6.54 Å². The van der Waals surface area contributed by atoms with Gasteiger partial charge in [0.05, 0.1) is 6.54 Å². The highest BCUT2D eigenvalue weighted by Gasteiger charge is 2.20. The van der Waals surface area contributed by atoms with Crippen LogP contribution in [0, 0.1) is 5.41 Å². The third-order valence-corrected chi connectivity index (χ3v) is 2.01. The van der Waals surface area contributed by atoms with E-state index in [1.165, 1.54) is 0 Å². The maximum Gasteiger partial charge on any atom is 0.320 e. The van der Waals surface area contributed by atoms with Gasteiger partial charge in [0.25, 0.3) is 0 Å². The van der Waals surface area contributed by atoms with Gasteiger partial charge in [0.2, 0.25) is 0 Å². The Morgan fingerprint density at radius 1 is 1.50 bits per heavy atom. The molecule has 82 valence electrons. The minimum absolute atomic E-state index is 0.0107. The standard InChI is InChI=1S/C9H20N4O/c1-5-12(4)9(14)13(7(2)3)6-8(10)11/h7H,5-6H2,1-4H3,(H3,10,11). The predicted molar refractivity (Wildman–Crippen MR) is 57.5 cm³/mol. The predicted octanol–water partition coefficient (Wildman–Crippen LogP) is 0.704. The van der Waals surface area contributed by atoms with E-state index in [4.69, 9.17) is 11.1 Å². The van der Waals surface area contributed by atoms with Crippen LogP contribution in [0.1, 0.15) is 20.8 Å². The largest absolute Gasteiger partial charge is 0.386 e. The van der Waals surface area contributed by atoms with Gasteiger partial charge in [0.1, 0.15) is 5.84 Å². The number of rotatable bonds is 4. The van der Waals surface area contributed by atoms with E-state index in [1.807, 2.05) is 20.8 Å². The van der Waals surface area contributed by atoms with Crippen LogP contribution in [-0.2, 0) is 0 Å². The van der Waals surface area contributed by atoms with Crippen LogP contribution in [0.15, 0.2) is 0 Å². The Labute approximate surface area is 85.4 Å². The molecule has 0 aromatic carbocycles. The summed E-state index contributed by atoms with van der Waals surface area (Å²) in [4.78, 5) is 14.9. The Morgan fingerprint density at radius 3 is 2.29 bits per heavy atom. The van der Waals surface area contributed by atoms with E-state index in [2.05, 4.69) is 0 Å². The molecule has 0 aliphatic carbocycles. The summed E-state index contributed by atoms with van der Waals surface area (Å²) in [5.74, 6) is 0.0107. The Kier molecular flexibility index (Phi) is 4.97. The van der Waals surface area contributed by atoms with Crippen LogP contribution in [0.4, 0.5) is 4.79 Å². The molecule has 3 N–H and O–H groups in total. The van der Waals surface area contributed by atoms with Crippen molar-refractivity contribution < 1.29 is 4.79 Å². The molecule has 0 unspecified atom stereocenters. The maximum absolute atomic E-state index is 11.8. The van der Waals surface area contributed by atoms with E-state index in [1.54, 1.807) is 16.8 Å². The van der Waals surface area contributed by atoms with E-state index >= 15 is 0 Å². The Morgan fingerprint density at radius 2 is 2.00 bits per heavy atom. The molecule has 0 atom stereocenters. The van der Waals surface area contributed by atoms with Gasteiger partial charge in [-0.2, -0.15) is 0 Å². The van der Waals surface area contributed by atoms with Crippen LogP contribution < -0.4 is 5.73 Å². The second-order valence-electron chi connectivity index (χ2n) is 3.54. The Hall–Kier alpha value is -1.26. The van der Waals surface area contributed by atoms with Crippen LogP contribution in [0.3, 0.4) is 0 Å². The number of amidine groups is 1. The van der Waals surface area contributed by atoms with E-state index in [9.17, 15) is 4.79 Å². The number of nitrogens with two attached hydrogens (primary N) is 1. The summed E-state index contributed by atoms with van der Waals surface area (Å²) in [5.41, 5.74) is 5.28. The van der Waals surface area contributed by atoms with Gasteiger partial charge < -0.3 is 15.5 Å². The lowest BCUT2D eigenvalue weighted by molar-refractivity contribution is 0.159. The molecular weight excluding hydrogens is 180 g/mol. The smallest absolute Gasteiger partial charge is 0.320 e. The molecule has 0 rings (SSSR count). The van der Waals surface area contributed by atoms with Crippen molar-refractivity contribution >= 4 is 11.9 Å². The second kappa shape index (κ2) is 5.47. The van der Waals surface area contributed by atoms with Crippen molar-refractivity contribution in [3.05, 3.63) is 0 Å². The second-order valence-corrected chi connectivity index (χ2v) is 3.54. The number of amides is 2. The zero-order valence-electron chi connectivity index (χ0n) is 9.37. The quantitative estimate of drug-likeness (QED) is 0.518. The fraction of sp³-hybridized carbons (Fsp3) is 0.778. The van der Waals surface area contributed by atoms with Gasteiger partial charge >= 0.3 is 6.03 Å². The van der Waals surface area contributed by atoms with Gasteiger partial charge in [-0.1, -0.05) is 0 Å². The van der Waals surface area contributed by atoms with Crippen LogP contribution >= 0.6 is 0 Å². The first-order valence-electron chi connectivity index (χ1n) is 4.74. The third kappa shape index (κ3) is 3.64. The van der Waals surface area contributed by atoms with E-state index in [0.717, 1.165) is 0 Å². The van der Waals surface area contributed by atoms with Crippen LogP contribution in [0.5, 0.6) is 0 Å². The lowest BCUT2D eigenvalue weighted by Crippen LogP contribution is -2.48. The summed E-state index contributed by atoms with van der Waals surface area (Å²) in [7, 11) is 1.73. The van der Waals surface area contributed by atoms with Crippen molar-refractivity contribution in [3.8, 4) is 0 Å². The first-order chi connectivity index (χ1) is 6.40. The number of hydrogen-bond donors (Lipinski definition) is 2. The van der Waals surface area contributed by atoms with Gasteiger partial charge in [-0.25, -0.2) is 4.79 Å². The van der Waals surface area contributed by atoms with Crippen LogP contribution in [-0.4, -0.2) is 47.8 Å². The number of nitrogens with zero attached hydrogens (tertiary/aromatic N) is 2. The molecule has 0 aliphatic heterocycles. The van der Waals surface area contributed by atoms with Gasteiger partial charge in [0, 0.05) is 19.6 Å². The number of nitrogens with one attached hydrogen (secondary N) is 1. The molecular formula is C9H20N4O. The van der Waals surface area contributed by atoms with Crippen molar-refractivity contribution in [2.75, 3.05) is 20.1 Å². The molecule has 14 heavy (non-hydrogen) atoms. The lowest BCUT2D eigenvalue weighted by Gasteiger charge is -2.30. The summed E-state index contributed by atoms with van der Waals surface area (Å²) in [5, 5.41) is 7.17. The molecule has 0 aromatic rings. The summed E-state index contributed by atoms with van der Waals surface area (Å²) < 4.78 is 0. The van der Waals surface area contributed by atoms with Gasteiger partial charge in [0.15, 0.2) is 0 Å². The highest BCUT2D eigenvalue weighted by Crippen LogP contribution is 2.02. The molecule has 0 aliphatic rings. The highest BCUT2D eigenvalue weighted by molar-refractivity contribution is 5.84. The normalized spacial score (nSPS) is 10.1. The van der Waals surface area contributed by atoms with Gasteiger partial charge in [-0.3, -0.25) is 5.41 Å². The molecule has 0 fully saturated rings. The zero-order chi connectivity index (χ0) is 11.3. The third-order valence-electron chi connectivity index (χ3n) is 2.01. The van der Waals surface area contributed by atoms with Gasteiger partial charge in [-0.15, -0.1) is 0 Å². The van der Waals surface area contributed by atoms with Gasteiger partial charge in [-0.05, 0) is 20.8 Å². The molecule has 2 amide bonds. The molecule has 5 nitrogen and oxygen atoms in total. The van der Waals surface area contributed by atoms with Crippen molar-refractivity contribution in [3.63, 3.8) is 0 Å². The molecule has 0 spiro atoms. The summed E-state index contributed by atoms with van der Waals surface area (Å²) >= 11 is 0. The minimum atomic E-state index is -0.0855. The van der Waals surface area contributed by atoms with Crippen LogP contribution in [0.25, 0.3) is 0 Å². The first kappa shape index (κ1) is 12.7. The summed E-state index contributed by atoms with van der Waals surface area (Å²) in [6.45, 7) is 6.57. The average Bonchev–Trinajstić information content (AvgIpc) is 2.11. The maximum atomic E-state index is 11.8. The summed E-state index contributed by atoms with van der Waals surface area (Å²) in [6, 6.07) is -0.0295. The number of carbonyl (C=O) groups excluding carboxylic acids is 1. The van der Waals surface area contributed by atoms with Crippen molar-refractivity contribution in [1.29, 1.82) is 5.41 Å².